The zero-order valence-electron chi connectivity index (χ0n) is 13.1. The standard InChI is InChI=1S/C18H15ClN2O4/c19-14-5-1-11(2-6-14)17-13(9-16(22)23)10-21(20-17)15-7-3-12(4-8-15)18(24)25/h1-8,13H,9-10H2,(H,22,23)(H,24,25). The van der Waals surface area contributed by atoms with E-state index in [1.807, 2.05) is 12.1 Å². The second kappa shape index (κ2) is 6.94. The molecule has 2 aromatic carbocycles. The summed E-state index contributed by atoms with van der Waals surface area (Å²) in [5.74, 6) is -2.16. The van der Waals surface area contributed by atoms with Crippen LogP contribution in [0.2, 0.25) is 5.02 Å². The van der Waals surface area contributed by atoms with E-state index in [2.05, 4.69) is 5.10 Å². The van der Waals surface area contributed by atoms with E-state index in [4.69, 9.17) is 16.7 Å². The van der Waals surface area contributed by atoms with Gasteiger partial charge in [-0.3, -0.25) is 9.80 Å². The molecule has 0 fully saturated rings. The highest BCUT2D eigenvalue weighted by molar-refractivity contribution is 6.30. The van der Waals surface area contributed by atoms with Gasteiger partial charge >= 0.3 is 11.9 Å². The third-order valence-corrected chi connectivity index (χ3v) is 4.23. The van der Waals surface area contributed by atoms with Crippen molar-refractivity contribution in [2.24, 2.45) is 11.0 Å². The van der Waals surface area contributed by atoms with Crippen LogP contribution in [0.3, 0.4) is 0 Å². The fourth-order valence-electron chi connectivity index (χ4n) is 2.77. The number of hydrogen-bond donors (Lipinski definition) is 2. The number of hydrazone groups is 1. The molecule has 6 nitrogen and oxygen atoms in total. The number of halogens is 1. The lowest BCUT2D eigenvalue weighted by molar-refractivity contribution is -0.137. The second-order valence-electron chi connectivity index (χ2n) is 5.72. The Kier molecular flexibility index (Phi) is 4.72. The summed E-state index contributed by atoms with van der Waals surface area (Å²) in [6, 6.07) is 13.4. The summed E-state index contributed by atoms with van der Waals surface area (Å²) >= 11 is 5.91. The predicted molar refractivity (Wildman–Crippen MR) is 94.5 cm³/mol. The molecule has 1 aliphatic heterocycles. The number of aromatic carboxylic acids is 1. The Morgan fingerprint density at radius 3 is 2.28 bits per heavy atom. The number of hydrogen-bond acceptors (Lipinski definition) is 4. The van der Waals surface area contributed by atoms with Crippen LogP contribution in [-0.4, -0.2) is 34.4 Å². The zero-order valence-corrected chi connectivity index (χ0v) is 13.8. The molecule has 0 saturated carbocycles. The minimum Gasteiger partial charge on any atom is -0.481 e. The van der Waals surface area contributed by atoms with E-state index in [1.165, 1.54) is 12.1 Å². The van der Waals surface area contributed by atoms with Crippen LogP contribution in [0.4, 0.5) is 5.69 Å². The largest absolute Gasteiger partial charge is 0.481 e. The summed E-state index contributed by atoms with van der Waals surface area (Å²) in [7, 11) is 0. The first-order chi connectivity index (χ1) is 11.9. The topological polar surface area (TPSA) is 90.2 Å². The molecule has 1 unspecified atom stereocenters. The maximum absolute atomic E-state index is 11.2. The first kappa shape index (κ1) is 17.0. The second-order valence-corrected chi connectivity index (χ2v) is 6.16. The van der Waals surface area contributed by atoms with Gasteiger partial charge in [0.25, 0.3) is 0 Å². The molecule has 0 aromatic heterocycles. The number of carboxylic acid groups (broad SMARTS) is 2. The van der Waals surface area contributed by atoms with Gasteiger partial charge in [-0.15, -0.1) is 0 Å². The quantitative estimate of drug-likeness (QED) is 0.855. The third-order valence-electron chi connectivity index (χ3n) is 3.98. The number of carbonyl (C=O) groups is 2. The third kappa shape index (κ3) is 3.80. The van der Waals surface area contributed by atoms with Gasteiger partial charge in [0.05, 0.1) is 29.9 Å². The molecule has 0 spiro atoms. The molecular weight excluding hydrogens is 344 g/mol. The Bertz CT molecular complexity index is 831. The number of anilines is 1. The van der Waals surface area contributed by atoms with Crippen molar-refractivity contribution in [3.8, 4) is 0 Å². The summed E-state index contributed by atoms with van der Waals surface area (Å²) in [5.41, 5.74) is 2.40. The molecule has 1 atom stereocenters. The van der Waals surface area contributed by atoms with E-state index in [0.717, 1.165) is 5.56 Å². The molecule has 0 saturated heterocycles. The molecular formula is C18H15ClN2O4. The van der Waals surface area contributed by atoms with Crippen molar-refractivity contribution in [3.05, 3.63) is 64.7 Å². The van der Waals surface area contributed by atoms with Crippen LogP contribution in [0, 0.1) is 5.92 Å². The molecule has 128 valence electrons. The maximum atomic E-state index is 11.2. The Balaban J connectivity index is 1.91. The number of rotatable bonds is 5. The molecule has 0 radical (unpaired) electrons. The fraction of sp³-hybridized carbons (Fsp3) is 0.167. The zero-order chi connectivity index (χ0) is 18.0. The molecule has 3 rings (SSSR count). The van der Waals surface area contributed by atoms with E-state index in [1.54, 1.807) is 29.3 Å². The molecule has 25 heavy (non-hydrogen) atoms. The Hall–Kier alpha value is -2.86. The van der Waals surface area contributed by atoms with Gasteiger partial charge in [0, 0.05) is 10.9 Å². The molecule has 1 heterocycles. The molecule has 0 aliphatic carbocycles. The average Bonchev–Trinajstić information content (AvgIpc) is 2.98. The van der Waals surface area contributed by atoms with Crippen LogP contribution in [0.1, 0.15) is 22.3 Å². The Morgan fingerprint density at radius 2 is 1.72 bits per heavy atom. The maximum Gasteiger partial charge on any atom is 0.335 e. The van der Waals surface area contributed by atoms with Crippen LogP contribution in [0.15, 0.2) is 53.6 Å². The summed E-state index contributed by atoms with van der Waals surface area (Å²) in [6.07, 6.45) is -0.0365. The van der Waals surface area contributed by atoms with Crippen LogP contribution < -0.4 is 5.01 Å². The highest BCUT2D eigenvalue weighted by atomic mass is 35.5. The van der Waals surface area contributed by atoms with Gasteiger partial charge in [-0.1, -0.05) is 23.7 Å². The molecule has 0 amide bonds. The van der Waals surface area contributed by atoms with Gasteiger partial charge in [0.2, 0.25) is 0 Å². The summed E-state index contributed by atoms with van der Waals surface area (Å²) < 4.78 is 0. The lowest BCUT2D eigenvalue weighted by Gasteiger charge is -2.15. The minimum absolute atomic E-state index is 0.0365. The highest BCUT2D eigenvalue weighted by Crippen LogP contribution is 2.28. The number of nitrogens with zero attached hydrogens (tertiary/aromatic N) is 2. The predicted octanol–water partition coefficient (Wildman–Crippen LogP) is 3.35. The van der Waals surface area contributed by atoms with Crippen LogP contribution in [0.25, 0.3) is 0 Å². The molecule has 2 aromatic rings. The summed E-state index contributed by atoms with van der Waals surface area (Å²) in [5, 5.41) is 25.0. The van der Waals surface area contributed by atoms with Crippen LogP contribution in [0.5, 0.6) is 0 Å². The normalized spacial score (nSPS) is 16.6. The fourth-order valence-corrected chi connectivity index (χ4v) is 2.90. The monoisotopic (exact) mass is 358 g/mol. The van der Waals surface area contributed by atoms with Crippen molar-refractivity contribution in [1.82, 2.24) is 0 Å². The molecule has 1 aliphatic rings. The van der Waals surface area contributed by atoms with Gasteiger partial charge in [-0.2, -0.15) is 5.10 Å². The van der Waals surface area contributed by atoms with Crippen molar-refractivity contribution in [1.29, 1.82) is 0 Å². The van der Waals surface area contributed by atoms with Gasteiger partial charge in [0.15, 0.2) is 0 Å². The number of carboxylic acids is 2. The number of benzene rings is 2. The Labute approximate surface area is 149 Å². The SMILES string of the molecule is O=C(O)CC1CN(c2ccc(C(=O)O)cc2)N=C1c1ccc(Cl)cc1. The summed E-state index contributed by atoms with van der Waals surface area (Å²) in [6.45, 7) is 0.413. The van der Waals surface area contributed by atoms with Crippen LogP contribution >= 0.6 is 11.6 Å². The Morgan fingerprint density at radius 1 is 1.08 bits per heavy atom. The van der Waals surface area contributed by atoms with Crippen LogP contribution in [-0.2, 0) is 4.79 Å². The summed E-state index contributed by atoms with van der Waals surface area (Å²) in [4.78, 5) is 22.1. The van der Waals surface area contributed by atoms with Gasteiger partial charge < -0.3 is 10.2 Å². The van der Waals surface area contributed by atoms with E-state index in [9.17, 15) is 14.7 Å². The van der Waals surface area contributed by atoms with E-state index in [-0.39, 0.29) is 17.9 Å². The first-order valence-electron chi connectivity index (χ1n) is 7.61. The number of aliphatic carboxylic acids is 1. The van der Waals surface area contributed by atoms with Crippen molar-refractivity contribution < 1.29 is 19.8 Å². The molecule has 7 heteroatoms. The van der Waals surface area contributed by atoms with Gasteiger partial charge in [-0.05, 0) is 42.0 Å². The minimum atomic E-state index is -0.998. The van der Waals surface area contributed by atoms with Gasteiger partial charge in [0.1, 0.15) is 0 Å². The average molecular weight is 359 g/mol. The van der Waals surface area contributed by atoms with E-state index < -0.39 is 11.9 Å². The first-order valence-corrected chi connectivity index (χ1v) is 7.99. The van der Waals surface area contributed by atoms with E-state index in [0.29, 0.717) is 23.0 Å². The smallest absolute Gasteiger partial charge is 0.335 e. The van der Waals surface area contributed by atoms with Crippen molar-refractivity contribution in [3.63, 3.8) is 0 Å². The molecule has 2 N–H and O–H groups in total. The van der Waals surface area contributed by atoms with Crippen molar-refractivity contribution in [2.45, 2.75) is 6.42 Å². The lowest BCUT2D eigenvalue weighted by Crippen LogP contribution is -2.22. The van der Waals surface area contributed by atoms with Crippen molar-refractivity contribution >= 4 is 34.9 Å². The van der Waals surface area contributed by atoms with Gasteiger partial charge in [-0.25, -0.2) is 4.79 Å². The van der Waals surface area contributed by atoms with Crippen molar-refractivity contribution in [2.75, 3.05) is 11.6 Å². The highest BCUT2D eigenvalue weighted by Gasteiger charge is 2.30. The molecule has 0 bridgehead atoms. The van der Waals surface area contributed by atoms with E-state index >= 15 is 0 Å². The lowest BCUT2D eigenvalue weighted by atomic mass is 9.94.